The van der Waals surface area contributed by atoms with Gasteiger partial charge in [0.05, 0.1) is 12.7 Å². The van der Waals surface area contributed by atoms with Crippen molar-refractivity contribution in [2.24, 2.45) is 9.98 Å². The van der Waals surface area contributed by atoms with Crippen molar-refractivity contribution in [2.45, 2.75) is 13.3 Å². The number of amidine groups is 1. The lowest BCUT2D eigenvalue weighted by atomic mass is 10.2. The Morgan fingerprint density at radius 3 is 2.73 bits per heavy atom. The van der Waals surface area contributed by atoms with E-state index in [0.717, 1.165) is 17.7 Å². The molecule has 1 aromatic carbocycles. The Morgan fingerprint density at radius 1 is 1.40 bits per heavy atom. The summed E-state index contributed by atoms with van der Waals surface area (Å²) in [7, 11) is 3.38. The SMILES string of the molecule is CCC=NC(=NC)c1ccccc1OC. The summed E-state index contributed by atoms with van der Waals surface area (Å²) >= 11 is 0. The first-order valence-corrected chi connectivity index (χ1v) is 4.96. The number of hydrogen-bond acceptors (Lipinski definition) is 2. The molecule has 3 heteroatoms. The van der Waals surface area contributed by atoms with Gasteiger partial charge in [0.25, 0.3) is 0 Å². The molecule has 0 saturated heterocycles. The van der Waals surface area contributed by atoms with E-state index in [1.165, 1.54) is 0 Å². The number of benzene rings is 1. The lowest BCUT2D eigenvalue weighted by Gasteiger charge is -2.06. The van der Waals surface area contributed by atoms with E-state index in [2.05, 4.69) is 9.98 Å². The molecule has 0 radical (unpaired) electrons. The van der Waals surface area contributed by atoms with E-state index >= 15 is 0 Å². The van der Waals surface area contributed by atoms with Crippen LogP contribution in [0.1, 0.15) is 18.9 Å². The molecule has 0 aliphatic rings. The zero-order valence-corrected chi connectivity index (χ0v) is 9.40. The molecular weight excluding hydrogens is 188 g/mol. The Balaban J connectivity index is 3.07. The van der Waals surface area contributed by atoms with Crippen LogP contribution in [0.2, 0.25) is 0 Å². The van der Waals surface area contributed by atoms with E-state index in [0.29, 0.717) is 5.84 Å². The molecule has 0 spiro atoms. The number of para-hydroxylation sites is 1. The maximum atomic E-state index is 5.25. The summed E-state index contributed by atoms with van der Waals surface area (Å²) < 4.78 is 5.25. The predicted octanol–water partition coefficient (Wildman–Crippen LogP) is 2.55. The fourth-order valence-electron chi connectivity index (χ4n) is 1.25. The van der Waals surface area contributed by atoms with Gasteiger partial charge in [0.15, 0.2) is 5.84 Å². The fourth-order valence-corrected chi connectivity index (χ4v) is 1.25. The van der Waals surface area contributed by atoms with E-state index in [9.17, 15) is 0 Å². The topological polar surface area (TPSA) is 34.0 Å². The Morgan fingerprint density at radius 2 is 2.13 bits per heavy atom. The molecule has 0 fully saturated rings. The van der Waals surface area contributed by atoms with Gasteiger partial charge in [-0.25, -0.2) is 4.99 Å². The van der Waals surface area contributed by atoms with Gasteiger partial charge in [-0.15, -0.1) is 0 Å². The first-order chi connectivity index (χ1) is 7.33. The smallest absolute Gasteiger partial charge is 0.157 e. The van der Waals surface area contributed by atoms with Gasteiger partial charge < -0.3 is 4.74 Å². The molecule has 0 bridgehead atoms. The molecule has 0 amide bonds. The van der Waals surface area contributed by atoms with Crippen LogP contribution >= 0.6 is 0 Å². The van der Waals surface area contributed by atoms with Crippen LogP contribution in [0.3, 0.4) is 0 Å². The molecule has 0 N–H and O–H groups in total. The van der Waals surface area contributed by atoms with Crippen molar-refractivity contribution in [3.8, 4) is 5.75 Å². The highest BCUT2D eigenvalue weighted by Gasteiger charge is 2.06. The number of nitrogens with zero attached hydrogens (tertiary/aromatic N) is 2. The summed E-state index contributed by atoms with van der Waals surface area (Å²) in [6, 6.07) is 7.74. The second kappa shape index (κ2) is 5.96. The van der Waals surface area contributed by atoms with Crippen LogP contribution in [0, 0.1) is 0 Å². The van der Waals surface area contributed by atoms with Crippen LogP contribution in [-0.4, -0.2) is 26.2 Å². The second-order valence-electron chi connectivity index (χ2n) is 2.97. The lowest BCUT2D eigenvalue weighted by molar-refractivity contribution is 0.414. The number of ether oxygens (including phenoxy) is 1. The lowest BCUT2D eigenvalue weighted by Crippen LogP contribution is -2.00. The normalized spacial score (nSPS) is 12.1. The fraction of sp³-hybridized carbons (Fsp3) is 0.333. The molecule has 1 aromatic rings. The molecular formula is C12H16N2O. The van der Waals surface area contributed by atoms with Gasteiger partial charge in [0.2, 0.25) is 0 Å². The third-order valence-corrected chi connectivity index (χ3v) is 1.96. The number of methoxy groups -OCH3 is 1. The van der Waals surface area contributed by atoms with Gasteiger partial charge in [0.1, 0.15) is 5.75 Å². The van der Waals surface area contributed by atoms with Crippen LogP contribution in [0.5, 0.6) is 5.75 Å². The van der Waals surface area contributed by atoms with Gasteiger partial charge in [0, 0.05) is 13.3 Å². The van der Waals surface area contributed by atoms with Crippen LogP contribution < -0.4 is 4.74 Å². The quantitative estimate of drug-likeness (QED) is 0.550. The zero-order chi connectivity index (χ0) is 11.1. The van der Waals surface area contributed by atoms with Crippen LogP contribution in [-0.2, 0) is 0 Å². The summed E-state index contributed by atoms with van der Waals surface area (Å²) in [5, 5.41) is 0. The van der Waals surface area contributed by atoms with Crippen molar-refractivity contribution in [1.82, 2.24) is 0 Å². The Hall–Kier alpha value is -1.64. The minimum Gasteiger partial charge on any atom is -0.496 e. The largest absolute Gasteiger partial charge is 0.496 e. The van der Waals surface area contributed by atoms with Crippen molar-refractivity contribution < 1.29 is 4.74 Å². The van der Waals surface area contributed by atoms with E-state index in [1.807, 2.05) is 37.4 Å². The summed E-state index contributed by atoms with van der Waals surface area (Å²) in [6.45, 7) is 2.04. The van der Waals surface area contributed by atoms with Crippen molar-refractivity contribution in [1.29, 1.82) is 0 Å². The van der Waals surface area contributed by atoms with Crippen LogP contribution in [0.15, 0.2) is 34.3 Å². The van der Waals surface area contributed by atoms with E-state index in [-0.39, 0.29) is 0 Å². The monoisotopic (exact) mass is 204 g/mol. The number of rotatable bonds is 3. The molecule has 0 atom stereocenters. The summed E-state index contributed by atoms with van der Waals surface area (Å²) in [4.78, 5) is 8.43. The van der Waals surface area contributed by atoms with E-state index in [4.69, 9.17) is 4.74 Å². The molecule has 0 aliphatic carbocycles. The van der Waals surface area contributed by atoms with Crippen molar-refractivity contribution in [3.05, 3.63) is 29.8 Å². The highest BCUT2D eigenvalue weighted by molar-refractivity contribution is 6.04. The minimum atomic E-state index is 0.703. The third-order valence-electron chi connectivity index (χ3n) is 1.96. The molecule has 0 aliphatic heterocycles. The Bertz CT molecular complexity index is 370. The molecule has 0 unspecified atom stereocenters. The summed E-state index contributed by atoms with van der Waals surface area (Å²) in [6.07, 6.45) is 2.74. The summed E-state index contributed by atoms with van der Waals surface area (Å²) in [5.74, 6) is 1.50. The average molecular weight is 204 g/mol. The van der Waals surface area contributed by atoms with Crippen molar-refractivity contribution in [3.63, 3.8) is 0 Å². The van der Waals surface area contributed by atoms with Crippen molar-refractivity contribution in [2.75, 3.05) is 14.2 Å². The number of hydrogen-bond donors (Lipinski definition) is 0. The molecule has 1 rings (SSSR count). The van der Waals surface area contributed by atoms with Crippen molar-refractivity contribution >= 4 is 12.1 Å². The van der Waals surface area contributed by atoms with Gasteiger partial charge in [-0.3, -0.25) is 4.99 Å². The van der Waals surface area contributed by atoms with Crippen LogP contribution in [0.25, 0.3) is 0 Å². The molecule has 0 saturated carbocycles. The molecule has 80 valence electrons. The molecule has 3 nitrogen and oxygen atoms in total. The molecule has 0 heterocycles. The molecule has 15 heavy (non-hydrogen) atoms. The van der Waals surface area contributed by atoms with Gasteiger partial charge in [-0.1, -0.05) is 19.1 Å². The molecule has 0 aromatic heterocycles. The van der Waals surface area contributed by atoms with Crippen LogP contribution in [0.4, 0.5) is 0 Å². The third kappa shape index (κ3) is 2.91. The first-order valence-electron chi connectivity index (χ1n) is 4.96. The average Bonchev–Trinajstić information content (AvgIpc) is 2.30. The predicted molar refractivity (Wildman–Crippen MR) is 64.2 cm³/mol. The Kier molecular flexibility index (Phi) is 4.54. The minimum absolute atomic E-state index is 0.703. The van der Waals surface area contributed by atoms with Gasteiger partial charge >= 0.3 is 0 Å². The second-order valence-corrected chi connectivity index (χ2v) is 2.97. The van der Waals surface area contributed by atoms with E-state index < -0.39 is 0 Å². The first kappa shape index (κ1) is 11.4. The Labute approximate surface area is 90.5 Å². The van der Waals surface area contributed by atoms with E-state index in [1.54, 1.807) is 14.2 Å². The zero-order valence-electron chi connectivity index (χ0n) is 9.40. The maximum absolute atomic E-state index is 5.25. The highest BCUT2D eigenvalue weighted by Crippen LogP contribution is 2.18. The highest BCUT2D eigenvalue weighted by atomic mass is 16.5. The van der Waals surface area contributed by atoms with Gasteiger partial charge in [-0.2, -0.15) is 0 Å². The standard InChI is InChI=1S/C12H16N2O/c1-4-9-14-12(13-2)10-7-5-6-8-11(10)15-3/h5-9H,4H2,1-3H3. The number of aliphatic imine (C=N–C) groups is 2. The summed E-state index contributed by atoms with van der Waals surface area (Å²) in [5.41, 5.74) is 0.923. The maximum Gasteiger partial charge on any atom is 0.157 e. The van der Waals surface area contributed by atoms with Gasteiger partial charge in [-0.05, 0) is 18.6 Å².